The summed E-state index contributed by atoms with van der Waals surface area (Å²) in [6.45, 7) is 3.53. The van der Waals surface area contributed by atoms with Crippen molar-refractivity contribution in [2.24, 2.45) is 0 Å². The van der Waals surface area contributed by atoms with Crippen LogP contribution < -0.4 is 4.72 Å². The summed E-state index contributed by atoms with van der Waals surface area (Å²) in [5.74, 6) is -0.289. The molecule has 0 aliphatic rings. The van der Waals surface area contributed by atoms with Crippen molar-refractivity contribution in [2.45, 2.75) is 5.75 Å². The number of nitro benzene ring substituents is 1. The first-order chi connectivity index (χ1) is 7.94. The maximum atomic E-state index is 11.5. The lowest BCUT2D eigenvalue weighted by Gasteiger charge is -2.04. The van der Waals surface area contributed by atoms with E-state index in [2.05, 4.69) is 11.3 Å². The molecule has 0 saturated heterocycles. The summed E-state index contributed by atoms with van der Waals surface area (Å²) in [4.78, 5) is 9.96. The van der Waals surface area contributed by atoms with E-state index in [1.807, 2.05) is 0 Å². The largest absolute Gasteiger partial charge is 0.269 e. The third-order valence-corrected chi connectivity index (χ3v) is 3.25. The predicted octanol–water partition coefficient (Wildman–Crippen LogP) is 1.20. The normalized spacial score (nSPS) is 11.1. The van der Waals surface area contributed by atoms with Crippen LogP contribution in [0.5, 0.6) is 0 Å². The second-order valence-corrected chi connectivity index (χ2v) is 5.13. The van der Waals surface area contributed by atoms with Gasteiger partial charge in [0, 0.05) is 18.7 Å². The van der Waals surface area contributed by atoms with Crippen LogP contribution in [0.1, 0.15) is 5.56 Å². The zero-order valence-electron chi connectivity index (χ0n) is 9.00. The average molecular weight is 256 g/mol. The van der Waals surface area contributed by atoms with Gasteiger partial charge in [-0.05, 0) is 5.56 Å². The summed E-state index contributed by atoms with van der Waals surface area (Å²) in [5.41, 5.74) is 0.247. The van der Waals surface area contributed by atoms with Crippen molar-refractivity contribution in [3.8, 4) is 0 Å². The summed E-state index contributed by atoms with van der Waals surface area (Å²) in [6, 6.07) is 5.54. The predicted molar refractivity (Wildman–Crippen MR) is 63.9 cm³/mol. The van der Waals surface area contributed by atoms with Gasteiger partial charge in [-0.3, -0.25) is 10.1 Å². The van der Waals surface area contributed by atoms with Gasteiger partial charge in [0.2, 0.25) is 10.0 Å². The Balaban J connectivity index is 2.84. The number of hydrogen-bond donors (Lipinski definition) is 1. The SMILES string of the molecule is C=CCNS(=O)(=O)Cc1cccc([N+](=O)[O-])c1. The average Bonchev–Trinajstić information content (AvgIpc) is 2.26. The van der Waals surface area contributed by atoms with Gasteiger partial charge in [-0.15, -0.1) is 6.58 Å². The Bertz CT molecular complexity index is 525. The maximum Gasteiger partial charge on any atom is 0.269 e. The Hall–Kier alpha value is -1.73. The smallest absolute Gasteiger partial charge is 0.258 e. The fourth-order valence-electron chi connectivity index (χ4n) is 1.22. The number of hydrogen-bond acceptors (Lipinski definition) is 4. The van der Waals surface area contributed by atoms with Crippen molar-refractivity contribution in [3.63, 3.8) is 0 Å². The zero-order valence-corrected chi connectivity index (χ0v) is 9.81. The highest BCUT2D eigenvalue weighted by molar-refractivity contribution is 7.88. The van der Waals surface area contributed by atoms with Crippen LogP contribution >= 0.6 is 0 Å². The Morgan fingerprint density at radius 2 is 2.18 bits per heavy atom. The molecule has 1 aromatic rings. The van der Waals surface area contributed by atoms with Gasteiger partial charge in [0.05, 0.1) is 10.7 Å². The Labute approximate surface area is 99.2 Å². The molecule has 0 aliphatic heterocycles. The second kappa shape index (κ2) is 5.55. The molecule has 0 fully saturated rings. The standard InChI is InChI=1S/C10H12N2O4S/c1-2-6-11-17(15,16)8-9-4-3-5-10(7-9)12(13)14/h2-5,7,11H,1,6,8H2. The van der Waals surface area contributed by atoms with Crippen molar-refractivity contribution in [2.75, 3.05) is 6.54 Å². The topological polar surface area (TPSA) is 89.3 Å². The first kappa shape index (κ1) is 13.3. The van der Waals surface area contributed by atoms with Crippen molar-refractivity contribution < 1.29 is 13.3 Å². The molecule has 0 spiro atoms. The number of rotatable bonds is 6. The molecule has 0 aliphatic carbocycles. The number of nitro groups is 1. The first-order valence-electron chi connectivity index (χ1n) is 4.76. The molecule has 92 valence electrons. The van der Waals surface area contributed by atoms with E-state index in [9.17, 15) is 18.5 Å². The summed E-state index contributed by atoms with van der Waals surface area (Å²) < 4.78 is 25.3. The molecule has 1 rings (SSSR count). The van der Waals surface area contributed by atoms with Gasteiger partial charge < -0.3 is 0 Å². The summed E-state index contributed by atoms with van der Waals surface area (Å²) in [7, 11) is -3.48. The molecule has 7 heteroatoms. The Morgan fingerprint density at radius 3 is 2.76 bits per heavy atom. The Kier molecular flexibility index (Phi) is 4.36. The molecule has 1 N–H and O–H groups in total. The molecular formula is C10H12N2O4S. The van der Waals surface area contributed by atoms with Crippen LogP contribution in [0.15, 0.2) is 36.9 Å². The summed E-state index contributed by atoms with van der Waals surface area (Å²) >= 11 is 0. The molecule has 0 saturated carbocycles. The molecule has 0 radical (unpaired) electrons. The first-order valence-corrected chi connectivity index (χ1v) is 6.41. The number of sulfonamides is 1. The maximum absolute atomic E-state index is 11.5. The number of non-ortho nitro benzene ring substituents is 1. The third-order valence-electron chi connectivity index (χ3n) is 1.93. The molecule has 0 atom stereocenters. The van der Waals surface area contributed by atoms with Gasteiger partial charge in [-0.1, -0.05) is 18.2 Å². The minimum atomic E-state index is -3.48. The molecule has 0 amide bonds. The molecule has 0 aromatic heterocycles. The second-order valence-electron chi connectivity index (χ2n) is 3.32. The number of nitrogens with zero attached hydrogens (tertiary/aromatic N) is 1. The highest BCUT2D eigenvalue weighted by atomic mass is 32.2. The lowest BCUT2D eigenvalue weighted by molar-refractivity contribution is -0.384. The van der Waals surface area contributed by atoms with E-state index in [4.69, 9.17) is 0 Å². The van der Waals surface area contributed by atoms with Crippen LogP contribution in [0.3, 0.4) is 0 Å². The van der Waals surface area contributed by atoms with Crippen LogP contribution in [-0.4, -0.2) is 19.9 Å². The van der Waals surface area contributed by atoms with Crippen LogP contribution in [0, 0.1) is 10.1 Å². The van der Waals surface area contributed by atoms with Crippen LogP contribution in [0.25, 0.3) is 0 Å². The van der Waals surface area contributed by atoms with Gasteiger partial charge in [0.25, 0.3) is 5.69 Å². The molecule has 1 aromatic carbocycles. The lowest BCUT2D eigenvalue weighted by Crippen LogP contribution is -2.25. The number of benzene rings is 1. The van der Waals surface area contributed by atoms with E-state index >= 15 is 0 Å². The van der Waals surface area contributed by atoms with Gasteiger partial charge >= 0.3 is 0 Å². The van der Waals surface area contributed by atoms with E-state index in [-0.39, 0.29) is 18.0 Å². The minimum Gasteiger partial charge on any atom is -0.258 e. The fourth-order valence-corrected chi connectivity index (χ4v) is 2.31. The van der Waals surface area contributed by atoms with E-state index in [0.717, 1.165) is 0 Å². The quantitative estimate of drug-likeness (QED) is 0.470. The lowest BCUT2D eigenvalue weighted by atomic mass is 10.2. The summed E-state index contributed by atoms with van der Waals surface area (Å²) in [6.07, 6.45) is 1.42. The molecule has 0 unspecified atom stereocenters. The van der Waals surface area contributed by atoms with Gasteiger partial charge in [-0.2, -0.15) is 0 Å². The number of nitrogens with one attached hydrogen (secondary N) is 1. The van der Waals surface area contributed by atoms with Gasteiger partial charge in [0.1, 0.15) is 0 Å². The van der Waals surface area contributed by atoms with Crippen molar-refractivity contribution >= 4 is 15.7 Å². The highest BCUT2D eigenvalue weighted by Gasteiger charge is 2.12. The monoisotopic (exact) mass is 256 g/mol. The van der Waals surface area contributed by atoms with Crippen molar-refractivity contribution in [1.82, 2.24) is 4.72 Å². The highest BCUT2D eigenvalue weighted by Crippen LogP contribution is 2.14. The van der Waals surface area contributed by atoms with Crippen LogP contribution in [0.4, 0.5) is 5.69 Å². The van der Waals surface area contributed by atoms with Crippen LogP contribution in [0.2, 0.25) is 0 Å². The van der Waals surface area contributed by atoms with Crippen LogP contribution in [-0.2, 0) is 15.8 Å². The Morgan fingerprint density at radius 1 is 1.47 bits per heavy atom. The van der Waals surface area contributed by atoms with E-state index in [0.29, 0.717) is 5.56 Å². The van der Waals surface area contributed by atoms with E-state index < -0.39 is 14.9 Å². The van der Waals surface area contributed by atoms with Gasteiger partial charge in [-0.25, -0.2) is 13.1 Å². The summed E-state index contributed by atoms with van der Waals surface area (Å²) in [5, 5.41) is 10.5. The third kappa shape index (κ3) is 4.33. The minimum absolute atomic E-state index is 0.124. The van der Waals surface area contributed by atoms with E-state index in [1.54, 1.807) is 0 Å². The molecule has 0 bridgehead atoms. The molecule has 6 nitrogen and oxygen atoms in total. The van der Waals surface area contributed by atoms with Gasteiger partial charge in [0.15, 0.2) is 0 Å². The fraction of sp³-hybridized carbons (Fsp3) is 0.200. The van der Waals surface area contributed by atoms with Crippen molar-refractivity contribution in [3.05, 3.63) is 52.6 Å². The molecule has 0 heterocycles. The van der Waals surface area contributed by atoms with Crippen molar-refractivity contribution in [1.29, 1.82) is 0 Å². The van der Waals surface area contributed by atoms with E-state index in [1.165, 1.54) is 30.3 Å². The molecule has 17 heavy (non-hydrogen) atoms. The zero-order chi connectivity index (χ0) is 12.9. The molecular weight excluding hydrogens is 244 g/mol.